The molecule has 1 aliphatic heterocycles. The first kappa shape index (κ1) is 21.1. The number of nitrogens with zero attached hydrogens (tertiary/aromatic N) is 4. The van der Waals surface area contributed by atoms with Gasteiger partial charge in [-0.15, -0.1) is 10.2 Å². The lowest BCUT2D eigenvalue weighted by Crippen LogP contribution is -2.32. The fraction of sp³-hybridized carbons (Fsp3) is 0.571. The number of carbonyl (C=O) groups is 1. The third-order valence-corrected chi connectivity index (χ3v) is 5.15. The van der Waals surface area contributed by atoms with E-state index in [1.165, 1.54) is 0 Å². The van der Waals surface area contributed by atoms with Gasteiger partial charge in [-0.3, -0.25) is 9.69 Å². The minimum Gasteiger partial charge on any atom is -0.504 e. The van der Waals surface area contributed by atoms with Crippen molar-refractivity contribution in [1.29, 1.82) is 0 Å². The quantitative estimate of drug-likeness (QED) is 0.739. The summed E-state index contributed by atoms with van der Waals surface area (Å²) in [5, 5.41) is 21.6. The topological polar surface area (TPSA) is 92.5 Å². The van der Waals surface area contributed by atoms with Gasteiger partial charge in [0.05, 0.1) is 12.6 Å². The van der Waals surface area contributed by atoms with Crippen LogP contribution in [0.3, 0.4) is 0 Å². The Bertz CT molecular complexity index is 849. The van der Waals surface area contributed by atoms with Crippen molar-refractivity contribution < 1.29 is 14.6 Å². The number of aromatic hydroxyl groups is 1. The molecule has 0 saturated heterocycles. The summed E-state index contributed by atoms with van der Waals surface area (Å²) >= 11 is 0. The summed E-state index contributed by atoms with van der Waals surface area (Å²) in [5.74, 6) is 2.40. The number of amides is 1. The summed E-state index contributed by atoms with van der Waals surface area (Å²) in [7, 11) is 0. The number of hydrogen-bond donors (Lipinski definition) is 2. The molecule has 8 heteroatoms. The Kier molecular flexibility index (Phi) is 6.74. The molecule has 3 rings (SSSR count). The minimum atomic E-state index is -0.177. The molecule has 0 unspecified atom stereocenters. The fourth-order valence-electron chi connectivity index (χ4n) is 3.50. The molecule has 0 radical (unpaired) electrons. The average Bonchev–Trinajstić information content (AvgIpc) is 2.99. The van der Waals surface area contributed by atoms with E-state index in [-0.39, 0.29) is 23.6 Å². The second-order valence-corrected chi connectivity index (χ2v) is 7.77. The maximum absolute atomic E-state index is 12.0. The molecule has 2 N–H and O–H groups in total. The molecule has 0 fully saturated rings. The van der Waals surface area contributed by atoms with E-state index in [2.05, 4.69) is 25.0 Å². The van der Waals surface area contributed by atoms with Crippen molar-refractivity contribution in [1.82, 2.24) is 25.0 Å². The Labute approximate surface area is 171 Å². The van der Waals surface area contributed by atoms with E-state index < -0.39 is 0 Å². The summed E-state index contributed by atoms with van der Waals surface area (Å²) in [6.07, 6.45) is 0.800. The largest absolute Gasteiger partial charge is 0.504 e. The zero-order valence-corrected chi connectivity index (χ0v) is 17.7. The van der Waals surface area contributed by atoms with Crippen molar-refractivity contribution in [3.8, 4) is 11.5 Å². The summed E-state index contributed by atoms with van der Waals surface area (Å²) in [4.78, 5) is 14.4. The smallest absolute Gasteiger partial charge is 0.223 e. The third-order valence-electron chi connectivity index (χ3n) is 5.15. The van der Waals surface area contributed by atoms with Gasteiger partial charge in [-0.2, -0.15) is 0 Å². The molecular weight excluding hydrogens is 370 g/mol. The maximum atomic E-state index is 12.0. The highest BCUT2D eigenvalue weighted by Gasteiger charge is 2.23. The van der Waals surface area contributed by atoms with Crippen molar-refractivity contribution in [2.75, 3.05) is 19.7 Å². The Morgan fingerprint density at radius 1 is 1.24 bits per heavy atom. The molecule has 2 aromatic rings. The Morgan fingerprint density at radius 3 is 2.76 bits per heavy atom. The van der Waals surface area contributed by atoms with Crippen molar-refractivity contribution in [2.24, 2.45) is 5.92 Å². The number of benzene rings is 1. The zero-order chi connectivity index (χ0) is 21.0. The highest BCUT2D eigenvalue weighted by atomic mass is 16.5. The summed E-state index contributed by atoms with van der Waals surface area (Å²) in [6.45, 7) is 11.4. The molecule has 2 heterocycles. The molecule has 29 heavy (non-hydrogen) atoms. The van der Waals surface area contributed by atoms with E-state index >= 15 is 0 Å². The number of fused-ring (bicyclic) bond motifs is 1. The lowest BCUT2D eigenvalue weighted by Gasteiger charge is -2.21. The van der Waals surface area contributed by atoms with Crippen LogP contribution in [0.2, 0.25) is 0 Å². The summed E-state index contributed by atoms with van der Waals surface area (Å²) in [5.41, 5.74) is 1.10. The van der Waals surface area contributed by atoms with Crippen molar-refractivity contribution in [3.05, 3.63) is 35.4 Å². The van der Waals surface area contributed by atoms with Crippen LogP contribution < -0.4 is 10.1 Å². The van der Waals surface area contributed by atoms with Crippen LogP contribution in [0.1, 0.15) is 50.9 Å². The number of phenolic OH excluding ortho intramolecular Hbond substituents is 1. The molecule has 0 spiro atoms. The van der Waals surface area contributed by atoms with Crippen LogP contribution in [-0.2, 0) is 24.3 Å². The van der Waals surface area contributed by atoms with Gasteiger partial charge < -0.3 is 19.7 Å². The van der Waals surface area contributed by atoms with Crippen LogP contribution in [0, 0.1) is 5.92 Å². The lowest BCUT2D eigenvalue weighted by molar-refractivity contribution is -0.124. The van der Waals surface area contributed by atoms with Gasteiger partial charge in [-0.25, -0.2) is 0 Å². The number of carbonyl (C=O) groups excluding carboxylic acids is 1. The van der Waals surface area contributed by atoms with Crippen molar-refractivity contribution >= 4 is 5.91 Å². The van der Waals surface area contributed by atoms with E-state index in [0.29, 0.717) is 12.4 Å². The number of rotatable bonds is 7. The van der Waals surface area contributed by atoms with Gasteiger partial charge in [0.15, 0.2) is 17.3 Å². The van der Waals surface area contributed by atoms with Gasteiger partial charge in [0, 0.05) is 38.5 Å². The predicted octanol–water partition coefficient (Wildman–Crippen LogP) is 2.27. The van der Waals surface area contributed by atoms with E-state index in [0.717, 1.165) is 49.8 Å². The average molecular weight is 402 g/mol. The third kappa shape index (κ3) is 5.06. The molecule has 0 bridgehead atoms. The zero-order valence-electron chi connectivity index (χ0n) is 17.7. The molecular formula is C21H31N5O3. The van der Waals surface area contributed by atoms with Crippen molar-refractivity contribution in [2.45, 2.75) is 53.2 Å². The van der Waals surface area contributed by atoms with Crippen LogP contribution in [0.5, 0.6) is 11.5 Å². The number of phenols is 1. The molecule has 8 nitrogen and oxygen atoms in total. The van der Waals surface area contributed by atoms with E-state index in [4.69, 9.17) is 4.74 Å². The number of hydrogen-bond acceptors (Lipinski definition) is 6. The molecule has 1 atom stereocenters. The van der Waals surface area contributed by atoms with Gasteiger partial charge in [0.25, 0.3) is 0 Å². The van der Waals surface area contributed by atoms with Crippen LogP contribution in [0.4, 0.5) is 0 Å². The van der Waals surface area contributed by atoms with Crippen LogP contribution >= 0.6 is 0 Å². The number of aromatic nitrogens is 3. The van der Waals surface area contributed by atoms with Crippen LogP contribution in [0.25, 0.3) is 0 Å². The van der Waals surface area contributed by atoms with E-state index in [1.807, 2.05) is 39.8 Å². The molecule has 158 valence electrons. The lowest BCUT2D eigenvalue weighted by atomic mass is 10.2. The Morgan fingerprint density at radius 2 is 2.03 bits per heavy atom. The standard InChI is InChI=1S/C21H31N5O3/c1-5-29-18-12-16(6-7-17(18)27)13-25-9-8-19-23-24-20(26(19)11-10-25)15(4)22-21(28)14(2)3/h6-7,12,14-15,27H,5,8-11,13H2,1-4H3,(H,22,28)/t15-/m0/s1. The predicted molar refractivity (Wildman–Crippen MR) is 110 cm³/mol. The van der Waals surface area contributed by atoms with Gasteiger partial charge >= 0.3 is 0 Å². The van der Waals surface area contributed by atoms with Crippen LogP contribution in [0.15, 0.2) is 18.2 Å². The second-order valence-electron chi connectivity index (χ2n) is 7.77. The van der Waals surface area contributed by atoms with E-state index in [9.17, 15) is 9.90 Å². The first-order valence-electron chi connectivity index (χ1n) is 10.3. The number of nitrogens with one attached hydrogen (secondary N) is 1. The van der Waals surface area contributed by atoms with E-state index in [1.54, 1.807) is 6.07 Å². The van der Waals surface area contributed by atoms with Gasteiger partial charge in [-0.05, 0) is 31.5 Å². The molecule has 1 aromatic heterocycles. The van der Waals surface area contributed by atoms with Gasteiger partial charge in [0.1, 0.15) is 5.82 Å². The SMILES string of the molecule is CCOc1cc(CN2CCc3nnc([C@H](C)NC(=O)C(C)C)n3CC2)ccc1O. The minimum absolute atomic E-state index is 0.0162. The Balaban J connectivity index is 1.66. The second kappa shape index (κ2) is 9.26. The Hall–Kier alpha value is -2.61. The molecule has 1 aliphatic rings. The normalized spacial score (nSPS) is 15.6. The first-order valence-corrected chi connectivity index (χ1v) is 10.3. The molecule has 1 amide bonds. The first-order chi connectivity index (χ1) is 13.9. The maximum Gasteiger partial charge on any atom is 0.223 e. The monoisotopic (exact) mass is 401 g/mol. The highest BCUT2D eigenvalue weighted by molar-refractivity contribution is 5.78. The number of ether oxygens (including phenoxy) is 1. The molecule has 0 saturated carbocycles. The van der Waals surface area contributed by atoms with Crippen LogP contribution in [-0.4, -0.2) is 50.4 Å². The highest BCUT2D eigenvalue weighted by Crippen LogP contribution is 2.27. The molecule has 1 aromatic carbocycles. The van der Waals surface area contributed by atoms with Gasteiger partial charge in [-0.1, -0.05) is 19.9 Å². The van der Waals surface area contributed by atoms with Crippen molar-refractivity contribution in [3.63, 3.8) is 0 Å². The fourth-order valence-corrected chi connectivity index (χ4v) is 3.50. The van der Waals surface area contributed by atoms with Gasteiger partial charge in [0.2, 0.25) is 5.91 Å². The summed E-state index contributed by atoms with van der Waals surface area (Å²) in [6, 6.07) is 5.34. The molecule has 0 aliphatic carbocycles. The summed E-state index contributed by atoms with van der Waals surface area (Å²) < 4.78 is 7.63.